The number of aromatic nitrogens is 1. The SMILES string of the molecule is [2H]c1c([2H])c([2H])c(-c2cccc(-c3cc(-c4cccc(C(C)(C)C)c4)cc(C(C)(C)C)c3)c2N2[CH-]N(c3[c-]c(Oc4[c-]c5c(cc4)[Si]4(c6ccc(C(C)(C)C)cc6-c6cc(C(C)(C)C)ccc64)c4ccccc4N5c4cc(C(C)(C)C)ccn4)ccc3)c3ccccc32)c([2H])c1[2H].[Pt]. The van der Waals surface area contributed by atoms with Crippen molar-refractivity contribution >= 4 is 68.8 Å². The van der Waals surface area contributed by atoms with Gasteiger partial charge in [0, 0.05) is 72.6 Å². The number of rotatable bonds is 8. The van der Waals surface area contributed by atoms with Gasteiger partial charge < -0.3 is 19.4 Å². The van der Waals surface area contributed by atoms with Gasteiger partial charge in [0.2, 0.25) is 0 Å². The largest absolute Gasteiger partial charge is 0.509 e. The maximum Gasteiger partial charge on any atom is 0.135 e. The Balaban J connectivity index is 0.00000864. The second-order valence-corrected chi connectivity index (χ2v) is 33.9. The van der Waals surface area contributed by atoms with Gasteiger partial charge in [0.15, 0.2) is 0 Å². The normalized spacial score (nSPS) is 14.8. The number of hydrogen-bond acceptors (Lipinski definition) is 5. The standard InChI is InChI=1S/C86H83N4OSi.Pt/c1-82(2,3)60-29-23-28-57(47-60)58-46-59(49-64(48-58)86(13,14)15)69-33-25-32-68(56-26-17-16-18-27-56)81(69)89-55-88(72-34-19-20-35-73(72)89)65-30-24-31-66(53-65)91-67-40-43-79-75(54-67)90(80-52-63(44-45-87-80)85(10,11)12)74-36-21-22-37-78(74)92(79)76-41-38-61(83(4,5)6)50-70(76)71-51-62(84(7,8)9)39-42-77(71)92;/h16-52,55H,1-15H3;/q-3;/i16D,17D,18D,26D,27D;. The molecule has 0 saturated heterocycles. The van der Waals surface area contributed by atoms with Gasteiger partial charge in [-0.05, 0) is 140 Å². The first-order chi connectivity index (χ1) is 45.8. The van der Waals surface area contributed by atoms with Crippen molar-refractivity contribution in [2.75, 3.05) is 14.7 Å². The number of para-hydroxylation sites is 4. The topological polar surface area (TPSA) is 31.8 Å². The molecule has 7 heteroatoms. The van der Waals surface area contributed by atoms with E-state index in [0.29, 0.717) is 28.4 Å². The molecule has 14 rings (SSSR count). The van der Waals surface area contributed by atoms with E-state index in [2.05, 4.69) is 276 Å². The minimum Gasteiger partial charge on any atom is -0.509 e. The first-order valence-electron chi connectivity index (χ1n) is 34.8. The van der Waals surface area contributed by atoms with E-state index in [0.717, 1.165) is 56.4 Å². The number of pyridine rings is 1. The minimum atomic E-state index is -3.13. The summed E-state index contributed by atoms with van der Waals surface area (Å²) in [5, 5.41) is 5.22. The number of hydrogen-bond donors (Lipinski definition) is 0. The van der Waals surface area contributed by atoms with E-state index in [4.69, 9.17) is 13.8 Å². The predicted molar refractivity (Wildman–Crippen MR) is 391 cm³/mol. The van der Waals surface area contributed by atoms with Crippen LogP contribution in [0, 0.1) is 18.8 Å². The van der Waals surface area contributed by atoms with E-state index in [1.165, 1.54) is 54.1 Å². The predicted octanol–water partition coefficient (Wildman–Crippen LogP) is 20.5. The van der Waals surface area contributed by atoms with E-state index in [-0.39, 0.29) is 65.8 Å². The number of nitrogens with zero attached hydrogens (tertiary/aromatic N) is 4. The number of fused-ring (bicyclic) bond motifs is 10. The molecule has 0 unspecified atom stereocenters. The Morgan fingerprint density at radius 2 is 0.935 bits per heavy atom. The van der Waals surface area contributed by atoms with Crippen LogP contribution >= 0.6 is 0 Å². The molecule has 93 heavy (non-hydrogen) atoms. The Kier molecular flexibility index (Phi) is 14.2. The van der Waals surface area contributed by atoms with Gasteiger partial charge in [0.25, 0.3) is 0 Å². The summed E-state index contributed by atoms with van der Waals surface area (Å²) >= 11 is 0. The van der Waals surface area contributed by atoms with E-state index in [1.54, 1.807) is 0 Å². The van der Waals surface area contributed by atoms with Crippen molar-refractivity contribution in [3.63, 3.8) is 0 Å². The fraction of sp³-hybridized carbons (Fsp3) is 0.233. The molecule has 0 bridgehead atoms. The summed E-state index contributed by atoms with van der Waals surface area (Å²) in [5.41, 5.74) is 17.5. The van der Waals surface area contributed by atoms with Crippen LogP contribution < -0.4 is 40.2 Å². The number of benzene rings is 10. The molecule has 11 aromatic rings. The number of anilines is 7. The third-order valence-corrected chi connectivity index (χ3v) is 23.8. The van der Waals surface area contributed by atoms with Gasteiger partial charge in [-0.25, -0.2) is 4.98 Å². The summed E-state index contributed by atoms with van der Waals surface area (Å²) in [5.74, 6) is 1.79. The van der Waals surface area contributed by atoms with Crippen LogP contribution in [0.15, 0.2) is 224 Å². The molecule has 470 valence electrons. The second-order valence-electron chi connectivity index (χ2n) is 30.3. The van der Waals surface area contributed by atoms with Crippen LogP contribution in [0.2, 0.25) is 0 Å². The van der Waals surface area contributed by atoms with Crippen molar-refractivity contribution in [2.45, 2.75) is 131 Å². The molecule has 5 nitrogen and oxygen atoms in total. The average Bonchev–Trinajstić information content (AvgIpc) is 1.32. The molecule has 0 N–H and O–H groups in total. The van der Waals surface area contributed by atoms with Crippen molar-refractivity contribution < 1.29 is 32.7 Å². The third-order valence-electron chi connectivity index (χ3n) is 18.9. The van der Waals surface area contributed by atoms with Gasteiger partial charge in [0.1, 0.15) is 13.9 Å². The average molecular weight is 1420 g/mol. The van der Waals surface area contributed by atoms with Gasteiger partial charge >= 0.3 is 0 Å². The smallest absolute Gasteiger partial charge is 0.135 e. The summed E-state index contributed by atoms with van der Waals surface area (Å²) in [6.45, 7) is 35.9. The van der Waals surface area contributed by atoms with Gasteiger partial charge in [-0.3, -0.25) is 0 Å². The van der Waals surface area contributed by atoms with Gasteiger partial charge in [0.05, 0.1) is 6.85 Å². The van der Waals surface area contributed by atoms with Gasteiger partial charge in [-0.1, -0.05) is 261 Å². The molecular formula is C86H83N4OPtSi-3. The van der Waals surface area contributed by atoms with Crippen molar-refractivity contribution in [1.29, 1.82) is 0 Å². The van der Waals surface area contributed by atoms with Crippen molar-refractivity contribution in [3.05, 3.63) is 271 Å². The molecular weight excluding hydrogens is 1330 g/mol. The molecule has 0 atom stereocenters. The van der Waals surface area contributed by atoms with Crippen molar-refractivity contribution in [2.24, 2.45) is 0 Å². The molecule has 1 aromatic heterocycles. The molecule has 0 radical (unpaired) electrons. The Hall–Kier alpha value is -8.54. The van der Waals surface area contributed by atoms with E-state index >= 15 is 0 Å². The van der Waals surface area contributed by atoms with Gasteiger partial charge in [-0.15, -0.1) is 47.9 Å². The first-order valence-corrected chi connectivity index (χ1v) is 34.3. The molecule has 0 amide bonds. The first kappa shape index (κ1) is 57.1. The fourth-order valence-corrected chi connectivity index (χ4v) is 19.2. The second kappa shape index (κ2) is 23.2. The molecule has 10 aromatic carbocycles. The summed E-state index contributed by atoms with van der Waals surface area (Å²) in [6, 6.07) is 73.6. The zero-order valence-corrected chi connectivity index (χ0v) is 59.3. The molecule has 0 aliphatic carbocycles. The molecule has 4 heterocycles. The number of ether oxygens (including phenoxy) is 1. The van der Waals surface area contributed by atoms with Crippen molar-refractivity contribution in [1.82, 2.24) is 4.98 Å². The van der Waals surface area contributed by atoms with Crippen LogP contribution in [0.5, 0.6) is 11.5 Å². The summed E-state index contributed by atoms with van der Waals surface area (Å²) in [4.78, 5) is 11.7. The Morgan fingerprint density at radius 3 is 1.58 bits per heavy atom. The molecule has 1 spiro atoms. The maximum atomic E-state index is 9.47. The zero-order valence-electron chi connectivity index (χ0n) is 61.1. The summed E-state index contributed by atoms with van der Waals surface area (Å²) < 4.78 is 52.6. The fourth-order valence-electron chi connectivity index (χ4n) is 13.8. The van der Waals surface area contributed by atoms with Crippen LogP contribution in [-0.4, -0.2) is 13.1 Å². The molecule has 0 fully saturated rings. The Morgan fingerprint density at radius 1 is 0.409 bits per heavy atom. The van der Waals surface area contributed by atoms with E-state index < -0.39 is 26.2 Å². The van der Waals surface area contributed by atoms with E-state index in [9.17, 15) is 2.74 Å². The summed E-state index contributed by atoms with van der Waals surface area (Å²) in [7, 11) is -3.13. The third kappa shape index (κ3) is 11.2. The molecule has 3 aliphatic rings. The Labute approximate surface area is 575 Å². The van der Waals surface area contributed by atoms with Gasteiger partial charge in [-0.2, -0.15) is 12.1 Å². The minimum absolute atomic E-state index is 0. The van der Waals surface area contributed by atoms with Crippen LogP contribution in [0.4, 0.5) is 39.9 Å². The summed E-state index contributed by atoms with van der Waals surface area (Å²) in [6.07, 6.45) is 1.93. The van der Waals surface area contributed by atoms with E-state index in [1.807, 2.05) is 55.3 Å². The quantitative estimate of drug-likeness (QED) is 0.112. The van der Waals surface area contributed by atoms with Crippen LogP contribution in [0.3, 0.4) is 0 Å². The van der Waals surface area contributed by atoms with Crippen LogP contribution in [0.25, 0.3) is 44.5 Å². The molecule has 3 aliphatic heterocycles. The Bertz CT molecular complexity index is 4930. The molecule has 0 saturated carbocycles. The van der Waals surface area contributed by atoms with Crippen molar-refractivity contribution in [3.8, 4) is 56.0 Å². The maximum absolute atomic E-state index is 9.47. The van der Waals surface area contributed by atoms with Crippen LogP contribution in [0.1, 0.15) is 139 Å². The monoisotopic (exact) mass is 1420 g/mol. The van der Waals surface area contributed by atoms with Crippen LogP contribution in [-0.2, 0) is 48.1 Å². The zero-order chi connectivity index (χ0) is 68.8.